The number of primary amides is 2. The molecule has 5 rings (SSSR count). The Morgan fingerprint density at radius 3 is 1.11 bits per heavy atom. The van der Waals surface area contributed by atoms with E-state index in [2.05, 4.69) is 20.6 Å². The van der Waals surface area contributed by atoms with Crippen LogP contribution >= 0.6 is 0 Å². The van der Waals surface area contributed by atoms with Crippen molar-refractivity contribution in [2.24, 2.45) is 11.5 Å². The number of hydrogen-bond acceptors (Lipinski definition) is 6. The van der Waals surface area contributed by atoms with Crippen LogP contribution in [0.5, 0.6) is 0 Å². The summed E-state index contributed by atoms with van der Waals surface area (Å²) < 4.78 is 0. The average Bonchev–Trinajstić information content (AvgIpc) is 2.94. The van der Waals surface area contributed by atoms with Gasteiger partial charge in [-0.1, -0.05) is 24.3 Å². The molecule has 5 aromatic rings. The highest BCUT2D eigenvalue weighted by molar-refractivity contribution is 6.10. The maximum atomic E-state index is 12.5. The number of aromatic nitrogens is 2. The van der Waals surface area contributed by atoms with Gasteiger partial charge in [-0.15, -0.1) is 0 Å². The van der Waals surface area contributed by atoms with E-state index in [9.17, 15) is 9.59 Å². The molecule has 0 saturated heterocycles. The van der Waals surface area contributed by atoms with Gasteiger partial charge >= 0.3 is 0 Å². The molecule has 0 bridgehead atoms. The van der Waals surface area contributed by atoms with Gasteiger partial charge in [-0.25, -0.2) is 0 Å². The Balaban J connectivity index is 1.58. The van der Waals surface area contributed by atoms with Crippen LogP contribution in [-0.4, -0.2) is 21.8 Å². The fourth-order valence-corrected chi connectivity index (χ4v) is 4.26. The molecule has 186 valence electrons. The van der Waals surface area contributed by atoms with Crippen LogP contribution in [0.4, 0.5) is 22.7 Å². The Kier molecular flexibility index (Phi) is 6.77. The first-order chi connectivity index (χ1) is 18.5. The number of nitrogens with zero attached hydrogens (tertiary/aromatic N) is 2. The van der Waals surface area contributed by atoms with E-state index in [1.807, 2.05) is 72.8 Å². The average molecular weight is 501 g/mol. The van der Waals surface area contributed by atoms with Crippen LogP contribution in [0.2, 0.25) is 0 Å². The topological polar surface area (TPSA) is 136 Å². The van der Waals surface area contributed by atoms with Gasteiger partial charge in [0.25, 0.3) is 0 Å². The molecular formula is C30H24N6O2. The molecule has 6 N–H and O–H groups in total. The van der Waals surface area contributed by atoms with Crippen molar-refractivity contribution in [1.82, 2.24) is 9.97 Å². The minimum atomic E-state index is -0.604. The SMILES string of the molecule is NC(=O)c1ccc(C(N)=O)c(-c2ccc(Nc3ccncc3)cc2)c1-c1ccc(Nc2ccncc2)cc1. The molecule has 0 fully saturated rings. The number of nitrogens with two attached hydrogens (primary N) is 2. The Hall–Kier alpha value is -5.50. The first-order valence-corrected chi connectivity index (χ1v) is 11.8. The molecule has 0 aliphatic heterocycles. The zero-order valence-corrected chi connectivity index (χ0v) is 20.3. The molecular weight excluding hydrogens is 476 g/mol. The van der Waals surface area contributed by atoms with Crippen molar-refractivity contribution in [3.63, 3.8) is 0 Å². The molecule has 0 saturated carbocycles. The zero-order chi connectivity index (χ0) is 26.5. The van der Waals surface area contributed by atoms with Crippen molar-refractivity contribution in [2.75, 3.05) is 10.6 Å². The van der Waals surface area contributed by atoms with E-state index in [1.54, 1.807) is 36.9 Å². The van der Waals surface area contributed by atoms with Gasteiger partial charge in [0.05, 0.1) is 0 Å². The fourth-order valence-electron chi connectivity index (χ4n) is 4.26. The fraction of sp³-hybridized carbons (Fsp3) is 0. The summed E-state index contributed by atoms with van der Waals surface area (Å²) in [5, 5.41) is 6.61. The van der Waals surface area contributed by atoms with Crippen LogP contribution in [0.3, 0.4) is 0 Å². The third-order valence-electron chi connectivity index (χ3n) is 6.02. The van der Waals surface area contributed by atoms with E-state index in [1.165, 1.54) is 0 Å². The maximum Gasteiger partial charge on any atom is 0.249 e. The van der Waals surface area contributed by atoms with E-state index in [-0.39, 0.29) is 0 Å². The predicted octanol–water partition coefficient (Wildman–Crippen LogP) is 5.50. The normalized spacial score (nSPS) is 10.5. The number of carbonyl (C=O) groups is 2. The molecule has 0 aliphatic carbocycles. The number of pyridine rings is 2. The van der Waals surface area contributed by atoms with Gasteiger partial charge in [-0.2, -0.15) is 0 Å². The van der Waals surface area contributed by atoms with Crippen LogP contribution in [0.25, 0.3) is 22.3 Å². The maximum absolute atomic E-state index is 12.5. The molecule has 2 heterocycles. The van der Waals surface area contributed by atoms with Gasteiger partial charge in [0.1, 0.15) is 0 Å². The Bertz CT molecular complexity index is 1460. The van der Waals surface area contributed by atoms with Gasteiger partial charge in [0.15, 0.2) is 0 Å². The van der Waals surface area contributed by atoms with E-state index in [0.29, 0.717) is 22.3 Å². The Labute approximate surface area is 219 Å². The van der Waals surface area contributed by atoms with Crippen LogP contribution in [-0.2, 0) is 0 Å². The largest absolute Gasteiger partial charge is 0.366 e. The van der Waals surface area contributed by atoms with E-state index >= 15 is 0 Å². The molecule has 0 aliphatic rings. The summed E-state index contributed by atoms with van der Waals surface area (Å²) in [7, 11) is 0. The number of carbonyl (C=O) groups excluding carboxylic acids is 2. The van der Waals surface area contributed by atoms with Crippen LogP contribution < -0.4 is 22.1 Å². The minimum absolute atomic E-state index is 0.291. The highest BCUT2D eigenvalue weighted by Crippen LogP contribution is 2.39. The molecule has 0 unspecified atom stereocenters. The highest BCUT2D eigenvalue weighted by Gasteiger charge is 2.22. The summed E-state index contributed by atoms with van der Waals surface area (Å²) in [6.07, 6.45) is 6.81. The number of rotatable bonds is 8. The second-order valence-electron chi connectivity index (χ2n) is 8.52. The Morgan fingerprint density at radius 1 is 0.474 bits per heavy atom. The van der Waals surface area contributed by atoms with Crippen molar-refractivity contribution >= 4 is 34.6 Å². The predicted molar refractivity (Wildman–Crippen MR) is 149 cm³/mol. The summed E-state index contributed by atoms with van der Waals surface area (Å²) in [4.78, 5) is 33.0. The Morgan fingerprint density at radius 2 is 0.789 bits per heavy atom. The van der Waals surface area contributed by atoms with Crippen molar-refractivity contribution in [3.8, 4) is 22.3 Å². The smallest absolute Gasteiger partial charge is 0.249 e. The summed E-state index contributed by atoms with van der Waals surface area (Å²) in [6.45, 7) is 0. The molecule has 38 heavy (non-hydrogen) atoms. The summed E-state index contributed by atoms with van der Waals surface area (Å²) in [5.74, 6) is -1.21. The lowest BCUT2D eigenvalue weighted by Gasteiger charge is -2.18. The van der Waals surface area contributed by atoms with Crippen LogP contribution in [0.15, 0.2) is 110 Å². The van der Waals surface area contributed by atoms with Gasteiger partial charge in [0.2, 0.25) is 11.8 Å². The van der Waals surface area contributed by atoms with Crippen molar-refractivity contribution in [2.45, 2.75) is 0 Å². The van der Waals surface area contributed by atoms with Crippen molar-refractivity contribution < 1.29 is 9.59 Å². The lowest BCUT2D eigenvalue weighted by molar-refractivity contribution is 0.0989. The van der Waals surface area contributed by atoms with Gasteiger partial charge in [-0.05, 0) is 71.8 Å². The van der Waals surface area contributed by atoms with Crippen LogP contribution in [0.1, 0.15) is 20.7 Å². The summed E-state index contributed by atoms with van der Waals surface area (Å²) in [6, 6.07) is 25.6. The second kappa shape index (κ2) is 10.6. The first-order valence-electron chi connectivity index (χ1n) is 11.8. The summed E-state index contributed by atoms with van der Waals surface area (Å²) >= 11 is 0. The van der Waals surface area contributed by atoms with E-state index in [4.69, 9.17) is 11.5 Å². The lowest BCUT2D eigenvalue weighted by atomic mass is 9.86. The van der Waals surface area contributed by atoms with Gasteiger partial charge in [-0.3, -0.25) is 19.6 Å². The molecule has 2 amide bonds. The molecule has 2 aromatic heterocycles. The van der Waals surface area contributed by atoms with Crippen LogP contribution in [0, 0.1) is 0 Å². The van der Waals surface area contributed by atoms with Gasteiger partial charge < -0.3 is 22.1 Å². The number of benzene rings is 3. The molecule has 0 spiro atoms. The third-order valence-corrected chi connectivity index (χ3v) is 6.02. The monoisotopic (exact) mass is 500 g/mol. The third kappa shape index (κ3) is 5.19. The molecule has 0 atom stereocenters. The van der Waals surface area contributed by atoms with E-state index < -0.39 is 11.8 Å². The highest BCUT2D eigenvalue weighted by atomic mass is 16.1. The first kappa shape index (κ1) is 24.2. The lowest BCUT2D eigenvalue weighted by Crippen LogP contribution is -2.17. The molecule has 8 nitrogen and oxygen atoms in total. The number of amides is 2. The summed E-state index contributed by atoms with van der Waals surface area (Å²) in [5.41, 5.74) is 18.1. The zero-order valence-electron chi connectivity index (χ0n) is 20.3. The molecule has 8 heteroatoms. The second-order valence-corrected chi connectivity index (χ2v) is 8.52. The van der Waals surface area contributed by atoms with Gasteiger partial charge in [0, 0.05) is 69.8 Å². The number of nitrogens with one attached hydrogen (secondary N) is 2. The quantitative estimate of drug-likeness (QED) is 0.222. The van der Waals surface area contributed by atoms with E-state index in [0.717, 1.165) is 33.9 Å². The minimum Gasteiger partial charge on any atom is -0.366 e. The number of anilines is 4. The molecule has 3 aromatic carbocycles. The number of hydrogen-bond donors (Lipinski definition) is 4. The van der Waals surface area contributed by atoms with Crippen molar-refractivity contribution in [3.05, 3.63) is 121 Å². The molecule has 0 radical (unpaired) electrons. The standard InChI is InChI=1S/C30H24N6O2/c31-29(37)25-9-10-26(30(32)38)28(20-3-7-22(8-4-20)36-24-13-17-34-18-14-24)27(25)19-1-5-21(6-2-19)35-23-11-15-33-16-12-23/h1-18H,(H2,31,37)(H2,32,38)(H,33,35)(H,34,36). The van der Waals surface area contributed by atoms with Crippen molar-refractivity contribution in [1.29, 1.82) is 0 Å².